The zero-order chi connectivity index (χ0) is 29.0. The maximum atomic E-state index is 5.30. The highest BCUT2D eigenvalue weighted by atomic mass is 79.9. The van der Waals surface area contributed by atoms with Crippen molar-refractivity contribution in [2.75, 3.05) is 28.4 Å². The summed E-state index contributed by atoms with van der Waals surface area (Å²) < 4.78 is 20.8. The predicted octanol–water partition coefficient (Wildman–Crippen LogP) is 7.33. The minimum Gasteiger partial charge on any atom is -0.497 e. The molecule has 0 aliphatic carbocycles. The van der Waals surface area contributed by atoms with Crippen LogP contribution in [0.25, 0.3) is 22.1 Å². The third-order valence-corrected chi connectivity index (χ3v) is 6.88. The van der Waals surface area contributed by atoms with Gasteiger partial charge in [0.05, 0.1) is 28.4 Å². The second kappa shape index (κ2) is 14.8. The summed E-state index contributed by atoms with van der Waals surface area (Å²) in [7, 11) is 6.61. The fourth-order valence-electron chi connectivity index (χ4n) is 4.17. The zero-order valence-corrected chi connectivity index (χ0v) is 25.1. The van der Waals surface area contributed by atoms with Crippen molar-refractivity contribution < 1.29 is 18.9 Å². The van der Waals surface area contributed by atoms with Crippen LogP contribution >= 0.6 is 15.9 Å². The van der Waals surface area contributed by atoms with Gasteiger partial charge in [-0.2, -0.15) is 0 Å². The lowest BCUT2D eigenvalue weighted by Gasteiger charge is -2.08. The van der Waals surface area contributed by atoms with Crippen molar-refractivity contribution in [2.24, 2.45) is 0 Å². The number of alkyl halides is 1. The molecule has 212 valence electrons. The number of nitrogens with zero attached hydrogens (tertiary/aromatic N) is 2. The van der Waals surface area contributed by atoms with E-state index in [0.29, 0.717) is 0 Å². The molecule has 9 heteroatoms. The molecule has 2 N–H and O–H groups in total. The van der Waals surface area contributed by atoms with Crippen LogP contribution in [0.5, 0.6) is 23.0 Å². The van der Waals surface area contributed by atoms with E-state index in [0.717, 1.165) is 67.9 Å². The highest BCUT2D eigenvalue weighted by molar-refractivity contribution is 9.08. The quantitative estimate of drug-likeness (QED) is 0.182. The fourth-order valence-corrected chi connectivity index (χ4v) is 4.50. The van der Waals surface area contributed by atoms with Crippen LogP contribution in [0.4, 0.5) is 0 Å². The van der Waals surface area contributed by atoms with Gasteiger partial charge in [0, 0.05) is 53.0 Å². The van der Waals surface area contributed by atoms with Crippen molar-refractivity contribution in [3.05, 3.63) is 108 Å². The summed E-state index contributed by atoms with van der Waals surface area (Å²) in [5.41, 5.74) is 5.37. The van der Waals surface area contributed by atoms with Crippen molar-refractivity contribution >= 4 is 38.0 Å². The number of benzene rings is 2. The number of pyridine rings is 2. The SMILES string of the molecule is COc1cc(CBr)cc(OC)c1.COc1cc(Cc2c[nH]c3ncccc23)cc(OC)c1.c1cnc2[nH]ccc2c1. The lowest BCUT2D eigenvalue weighted by molar-refractivity contribution is 0.393. The second-order valence-corrected chi connectivity index (χ2v) is 9.45. The molecule has 0 spiro atoms. The van der Waals surface area contributed by atoms with Crippen LogP contribution in [0.3, 0.4) is 0 Å². The van der Waals surface area contributed by atoms with Crippen LogP contribution in [0, 0.1) is 0 Å². The van der Waals surface area contributed by atoms with Crippen LogP contribution in [0.15, 0.2) is 91.5 Å². The summed E-state index contributed by atoms with van der Waals surface area (Å²) in [6.07, 6.45) is 8.26. The number of hydrogen-bond donors (Lipinski definition) is 2. The van der Waals surface area contributed by atoms with Gasteiger partial charge in [-0.05, 0) is 77.7 Å². The van der Waals surface area contributed by atoms with E-state index in [2.05, 4.69) is 41.9 Å². The number of methoxy groups -OCH3 is 4. The predicted molar refractivity (Wildman–Crippen MR) is 167 cm³/mol. The summed E-state index contributed by atoms with van der Waals surface area (Å²) >= 11 is 3.37. The van der Waals surface area contributed by atoms with Crippen LogP contribution < -0.4 is 18.9 Å². The molecule has 4 aromatic heterocycles. The van der Waals surface area contributed by atoms with Crippen molar-refractivity contribution in [3.63, 3.8) is 0 Å². The normalized spacial score (nSPS) is 10.3. The minimum absolute atomic E-state index is 0.803. The van der Waals surface area contributed by atoms with Gasteiger partial charge in [-0.15, -0.1) is 0 Å². The molecule has 6 rings (SSSR count). The number of aromatic nitrogens is 4. The lowest BCUT2D eigenvalue weighted by atomic mass is 10.0. The summed E-state index contributed by atoms with van der Waals surface area (Å²) in [5, 5.41) is 3.12. The first-order valence-corrected chi connectivity index (χ1v) is 14.0. The molecule has 0 radical (unpaired) electrons. The third-order valence-electron chi connectivity index (χ3n) is 6.23. The molecule has 0 aliphatic heterocycles. The molecule has 0 amide bonds. The van der Waals surface area contributed by atoms with Gasteiger partial charge in [-0.1, -0.05) is 15.9 Å². The van der Waals surface area contributed by atoms with Crippen LogP contribution in [0.2, 0.25) is 0 Å². The van der Waals surface area contributed by atoms with Gasteiger partial charge in [0.25, 0.3) is 0 Å². The number of rotatable bonds is 7. The number of halogens is 1. The molecule has 0 fully saturated rings. The zero-order valence-electron chi connectivity index (χ0n) is 23.5. The Hall–Kier alpha value is -4.50. The van der Waals surface area contributed by atoms with E-state index in [1.807, 2.05) is 73.1 Å². The molecule has 0 saturated carbocycles. The fraction of sp³-hybridized carbons (Fsp3) is 0.188. The molecule has 0 unspecified atom stereocenters. The highest BCUT2D eigenvalue weighted by Gasteiger charge is 2.07. The number of nitrogens with one attached hydrogen (secondary N) is 2. The number of ether oxygens (including phenoxy) is 4. The first-order chi connectivity index (χ1) is 20.1. The number of H-pyrrole nitrogens is 2. The van der Waals surface area contributed by atoms with Gasteiger partial charge < -0.3 is 28.9 Å². The lowest BCUT2D eigenvalue weighted by Crippen LogP contribution is -1.92. The van der Waals surface area contributed by atoms with Crippen molar-refractivity contribution in [1.29, 1.82) is 0 Å². The first-order valence-electron chi connectivity index (χ1n) is 12.9. The van der Waals surface area contributed by atoms with Gasteiger partial charge in [0.15, 0.2) is 0 Å². The molecular formula is C32H33BrN4O4. The Morgan fingerprint density at radius 2 is 1.22 bits per heavy atom. The summed E-state index contributed by atoms with van der Waals surface area (Å²) in [5.74, 6) is 3.25. The van der Waals surface area contributed by atoms with Crippen molar-refractivity contribution in [2.45, 2.75) is 11.8 Å². The van der Waals surface area contributed by atoms with Gasteiger partial charge in [-0.25, -0.2) is 9.97 Å². The number of hydrogen-bond acceptors (Lipinski definition) is 6. The number of fused-ring (bicyclic) bond motifs is 2. The van der Waals surface area contributed by atoms with Crippen molar-refractivity contribution in [3.8, 4) is 23.0 Å². The monoisotopic (exact) mass is 616 g/mol. The van der Waals surface area contributed by atoms with Gasteiger partial charge in [0.1, 0.15) is 34.3 Å². The second-order valence-electron chi connectivity index (χ2n) is 8.88. The van der Waals surface area contributed by atoms with Crippen LogP contribution in [0.1, 0.15) is 16.7 Å². The summed E-state index contributed by atoms with van der Waals surface area (Å²) in [6.45, 7) is 0. The molecule has 0 aliphatic rings. The van der Waals surface area contributed by atoms with Gasteiger partial charge in [0.2, 0.25) is 0 Å². The average Bonchev–Trinajstić information content (AvgIpc) is 3.68. The molecule has 0 bridgehead atoms. The molecule has 2 aromatic carbocycles. The maximum Gasteiger partial charge on any atom is 0.137 e. The Bertz CT molecular complexity index is 1570. The molecular weight excluding hydrogens is 584 g/mol. The van der Waals surface area contributed by atoms with Crippen LogP contribution in [-0.4, -0.2) is 48.4 Å². The Kier molecular flexibility index (Phi) is 10.6. The van der Waals surface area contributed by atoms with E-state index in [9.17, 15) is 0 Å². The molecule has 4 heterocycles. The molecule has 41 heavy (non-hydrogen) atoms. The van der Waals surface area contributed by atoms with Crippen LogP contribution in [-0.2, 0) is 11.8 Å². The Morgan fingerprint density at radius 1 is 0.659 bits per heavy atom. The maximum absolute atomic E-state index is 5.30. The average molecular weight is 618 g/mol. The van der Waals surface area contributed by atoms with E-state index < -0.39 is 0 Å². The first kappa shape index (κ1) is 29.5. The summed E-state index contributed by atoms with van der Waals surface area (Å²) in [6, 6.07) is 21.7. The molecule has 6 aromatic rings. The highest BCUT2D eigenvalue weighted by Crippen LogP contribution is 2.26. The van der Waals surface area contributed by atoms with E-state index in [1.165, 1.54) is 5.56 Å². The Labute approximate surface area is 247 Å². The van der Waals surface area contributed by atoms with E-state index in [4.69, 9.17) is 18.9 Å². The summed E-state index contributed by atoms with van der Waals surface area (Å²) in [4.78, 5) is 14.6. The standard InChI is InChI=1S/C16H16N2O2.C9H11BrO2.C7H6N2/c1-19-13-7-11(8-14(9-13)20-2)6-12-10-18-16-15(12)4-3-5-17-16;1-11-8-3-7(6-10)4-9(5-8)12-2;1-2-6-3-5-9-7(6)8-4-1/h3-5,7-10H,6H2,1-2H3,(H,17,18);3-5H,6H2,1-2H3;1-5H,(H,8,9). The van der Waals surface area contributed by atoms with Gasteiger partial charge in [-0.3, -0.25) is 0 Å². The van der Waals surface area contributed by atoms with Crippen molar-refractivity contribution in [1.82, 2.24) is 19.9 Å². The van der Waals surface area contributed by atoms with E-state index in [-0.39, 0.29) is 0 Å². The number of aromatic amines is 2. The van der Waals surface area contributed by atoms with E-state index in [1.54, 1.807) is 40.8 Å². The third kappa shape index (κ3) is 8.02. The Morgan fingerprint density at radius 3 is 1.78 bits per heavy atom. The topological polar surface area (TPSA) is 94.3 Å². The minimum atomic E-state index is 0.803. The molecule has 0 atom stereocenters. The van der Waals surface area contributed by atoms with E-state index >= 15 is 0 Å². The molecule has 8 nitrogen and oxygen atoms in total. The smallest absolute Gasteiger partial charge is 0.137 e. The Balaban J connectivity index is 0.000000156. The van der Waals surface area contributed by atoms with Gasteiger partial charge >= 0.3 is 0 Å². The molecule has 0 saturated heterocycles. The largest absolute Gasteiger partial charge is 0.497 e.